The van der Waals surface area contributed by atoms with Crippen LogP contribution >= 0.6 is 22.9 Å². The van der Waals surface area contributed by atoms with E-state index in [9.17, 15) is 13.2 Å². The molecule has 3 rings (SSSR count). The Kier molecular flexibility index (Phi) is 5.33. The zero-order valence-electron chi connectivity index (χ0n) is 12.9. The molecule has 0 aliphatic heterocycles. The summed E-state index contributed by atoms with van der Waals surface area (Å²) in [4.78, 5) is 12.9. The van der Waals surface area contributed by atoms with E-state index in [0.29, 0.717) is 5.69 Å². The third kappa shape index (κ3) is 4.16. The molecule has 130 valence electrons. The molecule has 2 aromatic heterocycles. The van der Waals surface area contributed by atoms with Crippen molar-refractivity contribution in [3.63, 3.8) is 0 Å². The number of sulfonamides is 1. The Morgan fingerprint density at radius 2 is 1.92 bits per heavy atom. The van der Waals surface area contributed by atoms with E-state index >= 15 is 0 Å². The number of thiophene rings is 1. The van der Waals surface area contributed by atoms with Crippen molar-refractivity contribution in [2.45, 2.75) is 11.4 Å². The number of rotatable bonds is 6. The second kappa shape index (κ2) is 7.49. The van der Waals surface area contributed by atoms with E-state index < -0.39 is 10.0 Å². The summed E-state index contributed by atoms with van der Waals surface area (Å²) in [6.07, 6.45) is 0. The second-order valence-electron chi connectivity index (χ2n) is 5.09. The van der Waals surface area contributed by atoms with Crippen molar-refractivity contribution in [1.82, 2.24) is 14.5 Å². The summed E-state index contributed by atoms with van der Waals surface area (Å²) in [5, 5.41) is 6.34. The average molecular weight is 396 g/mol. The SMILES string of the molecule is O=c1ccc(-c2cccs2)nn1CCNS(=O)(=O)c1ccccc1Cl. The monoisotopic (exact) mass is 395 g/mol. The van der Waals surface area contributed by atoms with Crippen molar-refractivity contribution in [2.75, 3.05) is 6.54 Å². The van der Waals surface area contributed by atoms with Gasteiger partial charge in [0.25, 0.3) is 5.56 Å². The van der Waals surface area contributed by atoms with E-state index in [1.54, 1.807) is 18.2 Å². The van der Waals surface area contributed by atoms with Crippen LogP contribution in [-0.2, 0) is 16.6 Å². The molecule has 0 aliphatic rings. The van der Waals surface area contributed by atoms with Gasteiger partial charge in [0.05, 0.1) is 16.4 Å². The highest BCUT2D eigenvalue weighted by Crippen LogP contribution is 2.21. The molecule has 1 aromatic carbocycles. The molecule has 0 radical (unpaired) electrons. The molecule has 0 bridgehead atoms. The first kappa shape index (κ1) is 17.8. The standard InChI is InChI=1S/C16H14ClN3O3S2/c17-12-4-1-2-6-15(12)25(22,23)18-9-10-20-16(21)8-7-13(19-20)14-5-3-11-24-14/h1-8,11,18H,9-10H2. The van der Waals surface area contributed by atoms with Gasteiger partial charge >= 0.3 is 0 Å². The maximum Gasteiger partial charge on any atom is 0.266 e. The molecule has 0 spiro atoms. The van der Waals surface area contributed by atoms with E-state index in [2.05, 4.69) is 9.82 Å². The maximum atomic E-state index is 12.3. The first-order valence-corrected chi connectivity index (χ1v) is 10.1. The van der Waals surface area contributed by atoms with Crippen LogP contribution in [0.5, 0.6) is 0 Å². The van der Waals surface area contributed by atoms with Crippen molar-refractivity contribution in [3.8, 4) is 10.6 Å². The van der Waals surface area contributed by atoms with Crippen LogP contribution in [0.2, 0.25) is 5.02 Å². The quantitative estimate of drug-likeness (QED) is 0.695. The summed E-state index contributed by atoms with van der Waals surface area (Å²) in [7, 11) is -3.75. The number of hydrogen-bond donors (Lipinski definition) is 1. The van der Waals surface area contributed by atoms with Crippen LogP contribution < -0.4 is 10.3 Å². The van der Waals surface area contributed by atoms with Gasteiger partial charge in [-0.15, -0.1) is 11.3 Å². The average Bonchev–Trinajstić information content (AvgIpc) is 3.11. The second-order valence-corrected chi connectivity index (χ2v) is 8.18. The smallest absolute Gasteiger partial charge is 0.266 e. The van der Waals surface area contributed by atoms with Gasteiger partial charge < -0.3 is 0 Å². The Labute approximate surface area is 153 Å². The van der Waals surface area contributed by atoms with Crippen molar-refractivity contribution in [3.05, 3.63) is 69.3 Å². The van der Waals surface area contributed by atoms with E-state index in [1.807, 2.05) is 17.5 Å². The molecule has 9 heteroatoms. The van der Waals surface area contributed by atoms with E-state index in [1.165, 1.54) is 34.2 Å². The van der Waals surface area contributed by atoms with E-state index in [0.717, 1.165) is 4.88 Å². The normalized spacial score (nSPS) is 11.6. The van der Waals surface area contributed by atoms with Crippen molar-refractivity contribution < 1.29 is 8.42 Å². The van der Waals surface area contributed by atoms with Crippen LogP contribution in [0, 0.1) is 0 Å². The van der Waals surface area contributed by atoms with Gasteiger partial charge in [0.2, 0.25) is 10.0 Å². The number of hydrogen-bond acceptors (Lipinski definition) is 5. The van der Waals surface area contributed by atoms with Gasteiger partial charge in [-0.25, -0.2) is 17.8 Å². The molecule has 0 atom stereocenters. The number of nitrogens with one attached hydrogen (secondary N) is 1. The van der Waals surface area contributed by atoms with E-state index in [4.69, 9.17) is 11.6 Å². The van der Waals surface area contributed by atoms with Gasteiger partial charge in [0.1, 0.15) is 10.6 Å². The zero-order valence-corrected chi connectivity index (χ0v) is 15.3. The van der Waals surface area contributed by atoms with Gasteiger partial charge in [-0.3, -0.25) is 4.79 Å². The Balaban J connectivity index is 1.73. The third-order valence-electron chi connectivity index (χ3n) is 3.38. The molecule has 1 N–H and O–H groups in total. The summed E-state index contributed by atoms with van der Waals surface area (Å²) < 4.78 is 28.2. The van der Waals surface area contributed by atoms with Gasteiger partial charge in [0, 0.05) is 12.6 Å². The fourth-order valence-electron chi connectivity index (χ4n) is 2.19. The van der Waals surface area contributed by atoms with Crippen LogP contribution in [0.25, 0.3) is 10.6 Å². The minimum absolute atomic E-state index is 0.00399. The molecular weight excluding hydrogens is 382 g/mol. The highest BCUT2D eigenvalue weighted by Gasteiger charge is 2.16. The van der Waals surface area contributed by atoms with Crippen LogP contribution in [0.1, 0.15) is 0 Å². The van der Waals surface area contributed by atoms with Crippen molar-refractivity contribution >= 4 is 33.0 Å². The summed E-state index contributed by atoms with van der Waals surface area (Å²) in [6.45, 7) is 0.135. The molecule has 0 unspecified atom stereocenters. The lowest BCUT2D eigenvalue weighted by Gasteiger charge is -2.09. The Morgan fingerprint density at radius 3 is 2.64 bits per heavy atom. The van der Waals surface area contributed by atoms with E-state index in [-0.39, 0.29) is 28.6 Å². The van der Waals surface area contributed by atoms with Crippen LogP contribution in [0.4, 0.5) is 0 Å². The Bertz CT molecular complexity index is 1030. The lowest BCUT2D eigenvalue weighted by molar-refractivity contribution is 0.549. The predicted molar refractivity (Wildman–Crippen MR) is 98.5 cm³/mol. The largest absolute Gasteiger partial charge is 0.268 e. The van der Waals surface area contributed by atoms with Crippen LogP contribution in [-0.4, -0.2) is 24.7 Å². The number of halogens is 1. The zero-order chi connectivity index (χ0) is 17.9. The van der Waals surface area contributed by atoms with Gasteiger partial charge in [-0.1, -0.05) is 29.8 Å². The first-order chi connectivity index (χ1) is 12.0. The topological polar surface area (TPSA) is 81.1 Å². The Morgan fingerprint density at radius 1 is 1.12 bits per heavy atom. The number of benzene rings is 1. The first-order valence-electron chi connectivity index (χ1n) is 7.33. The molecule has 3 aromatic rings. The minimum atomic E-state index is -3.75. The Hall–Kier alpha value is -2.00. The lowest BCUT2D eigenvalue weighted by atomic mass is 10.3. The molecule has 0 fully saturated rings. The highest BCUT2D eigenvalue weighted by atomic mass is 35.5. The molecule has 0 saturated heterocycles. The van der Waals surface area contributed by atoms with Crippen LogP contribution in [0.3, 0.4) is 0 Å². The number of nitrogens with zero attached hydrogens (tertiary/aromatic N) is 2. The lowest BCUT2D eigenvalue weighted by Crippen LogP contribution is -2.32. The molecule has 2 heterocycles. The number of aromatic nitrogens is 2. The van der Waals surface area contributed by atoms with Gasteiger partial charge in [0.15, 0.2) is 0 Å². The highest BCUT2D eigenvalue weighted by molar-refractivity contribution is 7.89. The summed E-state index contributed by atoms with van der Waals surface area (Å²) in [5.41, 5.74) is 0.376. The summed E-state index contributed by atoms with van der Waals surface area (Å²) >= 11 is 7.44. The maximum absolute atomic E-state index is 12.3. The van der Waals surface area contributed by atoms with Gasteiger partial charge in [-0.2, -0.15) is 5.10 Å². The van der Waals surface area contributed by atoms with Crippen LogP contribution in [0.15, 0.2) is 63.6 Å². The fraction of sp³-hybridized carbons (Fsp3) is 0.125. The fourth-order valence-corrected chi connectivity index (χ4v) is 4.42. The molecule has 0 amide bonds. The molecular formula is C16H14ClN3O3S2. The van der Waals surface area contributed by atoms with Crippen molar-refractivity contribution in [1.29, 1.82) is 0 Å². The summed E-state index contributed by atoms with van der Waals surface area (Å²) in [5.74, 6) is 0. The van der Waals surface area contributed by atoms with Gasteiger partial charge in [-0.05, 0) is 29.6 Å². The summed E-state index contributed by atoms with van der Waals surface area (Å²) in [6, 6.07) is 13.1. The minimum Gasteiger partial charge on any atom is -0.268 e. The molecule has 6 nitrogen and oxygen atoms in total. The third-order valence-corrected chi connectivity index (χ3v) is 6.24. The van der Waals surface area contributed by atoms with Crippen molar-refractivity contribution in [2.24, 2.45) is 0 Å². The molecule has 0 saturated carbocycles. The molecule has 0 aliphatic carbocycles. The predicted octanol–water partition coefficient (Wildman–Crippen LogP) is 2.60. The molecule has 25 heavy (non-hydrogen) atoms.